The molecule has 4 N–H and O–H groups in total. The van der Waals surface area contributed by atoms with Crippen LogP contribution in [0.1, 0.15) is 0 Å². The number of aliphatic hydroxyl groups excluding tert-OH is 4. The summed E-state index contributed by atoms with van der Waals surface area (Å²) < 4.78 is 6.65. The molecule has 8 heteroatoms. The minimum absolute atomic E-state index is 0.511. The fourth-order valence-corrected chi connectivity index (χ4v) is 2.60. The van der Waals surface area contributed by atoms with Gasteiger partial charge in [0.2, 0.25) is 0 Å². The summed E-state index contributed by atoms with van der Waals surface area (Å²) in [6.45, 7) is -0.511. The number of halogens is 1. The van der Waals surface area contributed by atoms with E-state index in [1.807, 2.05) is 6.07 Å². The molecule has 5 atom stereocenters. The average Bonchev–Trinajstić information content (AvgIpc) is 2.90. The maximum Gasteiger partial charge on any atom is 0.254 e. The van der Waals surface area contributed by atoms with Gasteiger partial charge in [0.15, 0.2) is 0 Å². The Morgan fingerprint density at radius 3 is 2.64 bits per heavy atom. The first kappa shape index (κ1) is 15.5. The van der Waals surface area contributed by atoms with Crippen molar-refractivity contribution in [3.63, 3.8) is 0 Å². The van der Waals surface area contributed by atoms with Gasteiger partial charge in [-0.2, -0.15) is 4.73 Å². The fourth-order valence-electron chi connectivity index (χ4n) is 2.44. The van der Waals surface area contributed by atoms with E-state index >= 15 is 0 Å². The largest absolute Gasteiger partial charge is 0.394 e. The van der Waals surface area contributed by atoms with Crippen molar-refractivity contribution in [3.05, 3.63) is 35.5 Å². The highest BCUT2D eigenvalue weighted by atomic mass is 35.5. The van der Waals surface area contributed by atoms with E-state index in [-0.39, 0.29) is 0 Å². The van der Waals surface area contributed by atoms with E-state index in [9.17, 15) is 15.3 Å². The SMILES string of the molecule is OCC1OC(On2ccc3ccc(Cl)cc32)C(O)C(O)C1O. The molecule has 22 heavy (non-hydrogen) atoms. The van der Waals surface area contributed by atoms with Crippen molar-refractivity contribution < 1.29 is 30.0 Å². The molecule has 5 unspecified atom stereocenters. The Balaban J connectivity index is 1.85. The van der Waals surface area contributed by atoms with E-state index < -0.39 is 37.3 Å². The summed E-state index contributed by atoms with van der Waals surface area (Å²) in [4.78, 5) is 5.53. The number of rotatable bonds is 3. The highest BCUT2D eigenvalue weighted by Crippen LogP contribution is 2.23. The molecule has 7 nitrogen and oxygen atoms in total. The number of hydrogen-bond acceptors (Lipinski definition) is 6. The third kappa shape index (κ3) is 2.67. The molecule has 120 valence electrons. The second-order valence-electron chi connectivity index (χ2n) is 5.15. The van der Waals surface area contributed by atoms with Gasteiger partial charge < -0.3 is 30.0 Å². The first-order chi connectivity index (χ1) is 10.5. The molecular formula is C14H16ClNO6. The summed E-state index contributed by atoms with van der Waals surface area (Å²) in [5.74, 6) is 0. The Morgan fingerprint density at radius 2 is 1.91 bits per heavy atom. The summed E-state index contributed by atoms with van der Waals surface area (Å²) in [5, 5.41) is 40.0. The standard InChI is InChI=1S/C14H16ClNO6/c15-8-2-1-7-3-4-16(9(7)5-8)22-14-13(20)12(19)11(18)10(6-17)21-14/h1-5,10-14,17-20H,6H2. The average molecular weight is 330 g/mol. The molecule has 1 aromatic carbocycles. The van der Waals surface area contributed by atoms with Gasteiger partial charge in [0, 0.05) is 16.6 Å². The Morgan fingerprint density at radius 1 is 1.14 bits per heavy atom. The summed E-state index contributed by atoms with van der Waals surface area (Å²) in [7, 11) is 0. The number of fused-ring (bicyclic) bond motifs is 1. The van der Waals surface area contributed by atoms with Crippen molar-refractivity contribution in [2.75, 3.05) is 6.61 Å². The van der Waals surface area contributed by atoms with Crippen molar-refractivity contribution in [1.29, 1.82) is 0 Å². The second-order valence-corrected chi connectivity index (χ2v) is 5.58. The predicted octanol–water partition coefficient (Wildman–Crippen LogP) is -0.477. The maximum absolute atomic E-state index is 9.97. The van der Waals surface area contributed by atoms with Crippen LogP contribution in [0.2, 0.25) is 5.02 Å². The van der Waals surface area contributed by atoms with E-state index in [0.717, 1.165) is 5.39 Å². The molecule has 0 bridgehead atoms. The molecule has 0 amide bonds. The number of benzene rings is 1. The Labute approximate surface area is 130 Å². The second kappa shape index (κ2) is 6.04. The number of ether oxygens (including phenoxy) is 1. The highest BCUT2D eigenvalue weighted by molar-refractivity contribution is 6.31. The van der Waals surface area contributed by atoms with E-state index in [1.54, 1.807) is 24.4 Å². The molecule has 1 aliphatic heterocycles. The van der Waals surface area contributed by atoms with Crippen LogP contribution >= 0.6 is 11.6 Å². The van der Waals surface area contributed by atoms with Crippen molar-refractivity contribution in [1.82, 2.24) is 4.73 Å². The number of aromatic nitrogens is 1. The van der Waals surface area contributed by atoms with Gasteiger partial charge in [-0.25, -0.2) is 0 Å². The van der Waals surface area contributed by atoms with Crippen molar-refractivity contribution in [3.8, 4) is 0 Å². The molecule has 3 rings (SSSR count). The van der Waals surface area contributed by atoms with E-state index in [1.165, 1.54) is 4.73 Å². The first-order valence-electron chi connectivity index (χ1n) is 6.75. The molecule has 1 aliphatic rings. The van der Waals surface area contributed by atoms with Gasteiger partial charge in [-0.1, -0.05) is 17.7 Å². The molecular weight excluding hydrogens is 314 g/mol. The summed E-state index contributed by atoms with van der Waals surface area (Å²) in [6, 6.07) is 7.02. The number of hydrogen-bond donors (Lipinski definition) is 4. The van der Waals surface area contributed by atoms with Gasteiger partial charge in [-0.15, -0.1) is 0 Å². The minimum Gasteiger partial charge on any atom is -0.394 e. The van der Waals surface area contributed by atoms with Crippen LogP contribution in [-0.4, -0.2) is 62.5 Å². The molecule has 1 fully saturated rings. The van der Waals surface area contributed by atoms with Crippen molar-refractivity contribution in [2.24, 2.45) is 0 Å². The Hall–Kier alpha value is -1.35. The van der Waals surface area contributed by atoms with E-state index in [2.05, 4.69) is 0 Å². The molecule has 0 radical (unpaired) electrons. The van der Waals surface area contributed by atoms with Crippen molar-refractivity contribution in [2.45, 2.75) is 30.7 Å². The Kier molecular flexibility index (Phi) is 4.26. The topological polar surface area (TPSA) is 104 Å². The lowest BCUT2D eigenvalue weighted by Gasteiger charge is -2.39. The molecule has 2 aromatic rings. The summed E-state index contributed by atoms with van der Waals surface area (Å²) in [6.07, 6.45) is -5.02. The van der Waals surface area contributed by atoms with Gasteiger partial charge >= 0.3 is 0 Å². The van der Waals surface area contributed by atoms with Gasteiger partial charge in [-0.3, -0.25) is 0 Å². The van der Waals surface area contributed by atoms with Crippen LogP contribution < -0.4 is 4.84 Å². The number of nitrogens with zero attached hydrogens (tertiary/aromatic N) is 1. The van der Waals surface area contributed by atoms with E-state index in [4.69, 9.17) is 26.3 Å². The lowest BCUT2D eigenvalue weighted by atomic mass is 9.99. The third-order valence-electron chi connectivity index (χ3n) is 3.69. The molecule has 2 heterocycles. The highest BCUT2D eigenvalue weighted by Gasteiger charge is 2.45. The van der Waals surface area contributed by atoms with Crippen LogP contribution in [0.5, 0.6) is 0 Å². The van der Waals surface area contributed by atoms with E-state index in [0.29, 0.717) is 10.5 Å². The summed E-state index contributed by atoms with van der Waals surface area (Å²) >= 11 is 5.95. The van der Waals surface area contributed by atoms with Crippen molar-refractivity contribution >= 4 is 22.5 Å². The van der Waals surface area contributed by atoms with Crippen LogP contribution in [0.3, 0.4) is 0 Å². The molecule has 1 saturated heterocycles. The zero-order valence-electron chi connectivity index (χ0n) is 11.4. The zero-order chi connectivity index (χ0) is 15.9. The molecule has 0 spiro atoms. The molecule has 0 aliphatic carbocycles. The first-order valence-corrected chi connectivity index (χ1v) is 7.13. The van der Waals surface area contributed by atoms with Gasteiger partial charge in [0.1, 0.15) is 24.4 Å². The predicted molar refractivity (Wildman–Crippen MR) is 77.3 cm³/mol. The van der Waals surface area contributed by atoms with Gasteiger partial charge in [0.25, 0.3) is 6.29 Å². The fraction of sp³-hybridized carbons (Fsp3) is 0.429. The normalized spacial score (nSPS) is 32.3. The van der Waals surface area contributed by atoms with Crippen LogP contribution in [0.15, 0.2) is 30.5 Å². The van der Waals surface area contributed by atoms with Crippen LogP contribution in [0, 0.1) is 0 Å². The smallest absolute Gasteiger partial charge is 0.254 e. The Bertz CT molecular complexity index is 660. The third-order valence-corrected chi connectivity index (χ3v) is 3.92. The number of aliphatic hydroxyl groups is 4. The quantitative estimate of drug-likeness (QED) is 0.606. The van der Waals surface area contributed by atoms with Gasteiger partial charge in [-0.05, 0) is 18.2 Å². The lowest BCUT2D eigenvalue weighted by molar-refractivity contribution is -0.299. The summed E-state index contributed by atoms with van der Waals surface area (Å²) in [5.41, 5.74) is 0.657. The van der Waals surface area contributed by atoms with Crippen LogP contribution in [0.4, 0.5) is 0 Å². The lowest BCUT2D eigenvalue weighted by Crippen LogP contribution is -2.61. The monoisotopic (exact) mass is 329 g/mol. The zero-order valence-corrected chi connectivity index (χ0v) is 12.2. The van der Waals surface area contributed by atoms with Crippen LogP contribution in [-0.2, 0) is 4.74 Å². The molecule has 0 saturated carbocycles. The van der Waals surface area contributed by atoms with Gasteiger partial charge in [0.05, 0.1) is 12.1 Å². The van der Waals surface area contributed by atoms with Crippen LogP contribution in [0.25, 0.3) is 10.9 Å². The maximum atomic E-state index is 9.97. The minimum atomic E-state index is -1.48. The molecule has 1 aromatic heterocycles.